The first-order chi connectivity index (χ1) is 9.76. The quantitative estimate of drug-likeness (QED) is 0.868. The van der Waals surface area contributed by atoms with E-state index in [1.54, 1.807) is 7.11 Å². The van der Waals surface area contributed by atoms with Crippen LogP contribution in [0.15, 0.2) is 18.2 Å². The molecular weight excluding hydrogens is 254 g/mol. The Labute approximate surface area is 121 Å². The van der Waals surface area contributed by atoms with E-state index in [2.05, 4.69) is 31.3 Å². The third kappa shape index (κ3) is 3.72. The molecule has 0 aromatic heterocycles. The van der Waals surface area contributed by atoms with Gasteiger partial charge in [0.05, 0.1) is 33.0 Å². The van der Waals surface area contributed by atoms with E-state index in [9.17, 15) is 0 Å². The van der Waals surface area contributed by atoms with Crippen LogP contribution in [0.4, 0.5) is 0 Å². The maximum Gasteiger partial charge on any atom is 0.121 e. The van der Waals surface area contributed by atoms with Crippen LogP contribution >= 0.6 is 0 Å². The normalized spacial score (nSPS) is 20.6. The van der Waals surface area contributed by atoms with Gasteiger partial charge in [-0.2, -0.15) is 0 Å². The summed E-state index contributed by atoms with van der Waals surface area (Å²) in [7, 11) is 1.70. The molecule has 20 heavy (non-hydrogen) atoms. The van der Waals surface area contributed by atoms with Crippen molar-refractivity contribution >= 4 is 0 Å². The molecule has 1 N–H and O–H groups in total. The highest BCUT2D eigenvalue weighted by molar-refractivity contribution is 5.37. The number of methoxy groups -OCH3 is 1. The second-order valence-corrected chi connectivity index (χ2v) is 5.15. The second-order valence-electron chi connectivity index (χ2n) is 5.15. The van der Waals surface area contributed by atoms with Crippen LogP contribution in [0, 0.1) is 6.92 Å². The van der Waals surface area contributed by atoms with E-state index in [0.29, 0.717) is 19.8 Å². The zero-order valence-electron chi connectivity index (χ0n) is 12.6. The largest absolute Gasteiger partial charge is 0.496 e. The number of benzene rings is 1. The van der Waals surface area contributed by atoms with Crippen LogP contribution in [0.25, 0.3) is 0 Å². The van der Waals surface area contributed by atoms with Crippen LogP contribution in [0.1, 0.15) is 30.5 Å². The Balaban J connectivity index is 2.18. The van der Waals surface area contributed by atoms with Gasteiger partial charge < -0.3 is 19.5 Å². The zero-order chi connectivity index (χ0) is 14.4. The summed E-state index contributed by atoms with van der Waals surface area (Å²) < 4.78 is 16.7. The van der Waals surface area contributed by atoms with Crippen molar-refractivity contribution in [3.8, 4) is 5.75 Å². The molecule has 2 unspecified atom stereocenters. The Morgan fingerprint density at radius 3 is 2.85 bits per heavy atom. The minimum atomic E-state index is 0.0723. The lowest BCUT2D eigenvalue weighted by atomic mass is 9.98. The van der Waals surface area contributed by atoms with Gasteiger partial charge in [0.15, 0.2) is 0 Å². The number of aryl methyl sites for hydroxylation is 1. The summed E-state index contributed by atoms with van der Waals surface area (Å²) in [4.78, 5) is 0. The Kier molecular flexibility index (Phi) is 5.83. The highest BCUT2D eigenvalue weighted by atomic mass is 16.6. The molecule has 0 bridgehead atoms. The number of nitrogens with one attached hydrogen (secondary N) is 1. The first-order valence-electron chi connectivity index (χ1n) is 7.33. The number of rotatable bonds is 6. The Morgan fingerprint density at radius 2 is 2.25 bits per heavy atom. The van der Waals surface area contributed by atoms with Gasteiger partial charge in [0.2, 0.25) is 0 Å². The Morgan fingerprint density at radius 1 is 1.40 bits per heavy atom. The van der Waals surface area contributed by atoms with E-state index in [4.69, 9.17) is 14.2 Å². The summed E-state index contributed by atoms with van der Waals surface area (Å²) in [5.74, 6) is 0.920. The summed E-state index contributed by atoms with van der Waals surface area (Å²) in [5, 5.41) is 3.57. The van der Waals surface area contributed by atoms with Gasteiger partial charge in [0, 0.05) is 0 Å². The lowest BCUT2D eigenvalue weighted by Crippen LogP contribution is -2.40. The first kappa shape index (κ1) is 15.3. The predicted molar refractivity (Wildman–Crippen MR) is 79.3 cm³/mol. The SMILES string of the molecule is CCCNC(c1ccc(OC)c(C)c1)C1COCCO1. The van der Waals surface area contributed by atoms with Gasteiger partial charge in [-0.1, -0.05) is 19.1 Å². The predicted octanol–water partition coefficient (Wildman–Crippen LogP) is 2.46. The zero-order valence-corrected chi connectivity index (χ0v) is 12.6. The van der Waals surface area contributed by atoms with Crippen LogP contribution < -0.4 is 10.1 Å². The van der Waals surface area contributed by atoms with E-state index >= 15 is 0 Å². The summed E-state index contributed by atoms with van der Waals surface area (Å²) in [5.41, 5.74) is 2.37. The molecule has 4 nitrogen and oxygen atoms in total. The molecule has 0 spiro atoms. The standard InChI is InChI=1S/C16H25NO3/c1-4-7-17-16(15-11-19-8-9-20-15)13-5-6-14(18-3)12(2)10-13/h5-6,10,15-17H,4,7-9,11H2,1-3H3. The number of ether oxygens (including phenoxy) is 3. The number of hydrogen-bond donors (Lipinski definition) is 1. The van der Waals surface area contributed by atoms with Crippen LogP contribution in [0.2, 0.25) is 0 Å². The molecule has 0 amide bonds. The van der Waals surface area contributed by atoms with Gasteiger partial charge in [-0.3, -0.25) is 0 Å². The molecule has 0 aliphatic carbocycles. The average Bonchev–Trinajstić information content (AvgIpc) is 2.49. The van der Waals surface area contributed by atoms with Crippen molar-refractivity contribution in [3.63, 3.8) is 0 Å². The Hall–Kier alpha value is -1.10. The molecule has 1 aromatic carbocycles. The van der Waals surface area contributed by atoms with Crippen molar-refractivity contribution in [3.05, 3.63) is 29.3 Å². The molecule has 4 heteroatoms. The van der Waals surface area contributed by atoms with Crippen molar-refractivity contribution in [1.82, 2.24) is 5.32 Å². The molecule has 1 fully saturated rings. The molecule has 2 rings (SSSR count). The van der Waals surface area contributed by atoms with Crippen molar-refractivity contribution in [2.45, 2.75) is 32.4 Å². The third-order valence-electron chi connectivity index (χ3n) is 3.61. The van der Waals surface area contributed by atoms with Crippen LogP contribution in [-0.2, 0) is 9.47 Å². The van der Waals surface area contributed by atoms with Gasteiger partial charge >= 0.3 is 0 Å². The molecule has 1 heterocycles. The van der Waals surface area contributed by atoms with E-state index in [-0.39, 0.29) is 12.1 Å². The summed E-state index contributed by atoms with van der Waals surface area (Å²) in [6.45, 7) is 7.21. The van der Waals surface area contributed by atoms with Gasteiger partial charge in [-0.05, 0) is 37.1 Å². The summed E-state index contributed by atoms with van der Waals surface area (Å²) in [6, 6.07) is 6.47. The minimum absolute atomic E-state index is 0.0723. The van der Waals surface area contributed by atoms with Gasteiger partial charge in [-0.15, -0.1) is 0 Å². The molecule has 1 aromatic rings. The molecule has 0 saturated carbocycles. The highest BCUT2D eigenvalue weighted by Crippen LogP contribution is 2.26. The Bertz CT molecular complexity index is 416. The highest BCUT2D eigenvalue weighted by Gasteiger charge is 2.26. The molecular formula is C16H25NO3. The monoisotopic (exact) mass is 279 g/mol. The van der Waals surface area contributed by atoms with Crippen molar-refractivity contribution in [1.29, 1.82) is 0 Å². The van der Waals surface area contributed by atoms with Crippen molar-refractivity contribution < 1.29 is 14.2 Å². The molecule has 1 saturated heterocycles. The molecule has 1 aliphatic rings. The van der Waals surface area contributed by atoms with E-state index < -0.39 is 0 Å². The van der Waals surface area contributed by atoms with Gasteiger partial charge in [0.25, 0.3) is 0 Å². The van der Waals surface area contributed by atoms with Crippen LogP contribution in [-0.4, -0.2) is 39.6 Å². The summed E-state index contributed by atoms with van der Waals surface area (Å²) in [6.07, 6.45) is 1.17. The van der Waals surface area contributed by atoms with Crippen LogP contribution in [0.3, 0.4) is 0 Å². The average molecular weight is 279 g/mol. The lowest BCUT2D eigenvalue weighted by molar-refractivity contribution is -0.102. The second kappa shape index (κ2) is 7.62. The summed E-state index contributed by atoms with van der Waals surface area (Å²) >= 11 is 0. The third-order valence-corrected chi connectivity index (χ3v) is 3.61. The van der Waals surface area contributed by atoms with Gasteiger partial charge in [-0.25, -0.2) is 0 Å². The molecule has 0 radical (unpaired) electrons. The first-order valence-corrected chi connectivity index (χ1v) is 7.33. The fourth-order valence-electron chi connectivity index (χ4n) is 2.56. The maximum atomic E-state index is 5.87. The van der Waals surface area contributed by atoms with Crippen molar-refractivity contribution in [2.24, 2.45) is 0 Å². The van der Waals surface area contributed by atoms with E-state index in [0.717, 1.165) is 24.3 Å². The lowest BCUT2D eigenvalue weighted by Gasteiger charge is -2.31. The fourth-order valence-corrected chi connectivity index (χ4v) is 2.56. The minimum Gasteiger partial charge on any atom is -0.496 e. The molecule has 112 valence electrons. The maximum absolute atomic E-state index is 5.87. The topological polar surface area (TPSA) is 39.7 Å². The van der Waals surface area contributed by atoms with Crippen molar-refractivity contribution in [2.75, 3.05) is 33.5 Å². The van der Waals surface area contributed by atoms with Gasteiger partial charge in [0.1, 0.15) is 11.9 Å². The number of hydrogen-bond acceptors (Lipinski definition) is 4. The smallest absolute Gasteiger partial charge is 0.121 e. The van der Waals surface area contributed by atoms with E-state index in [1.165, 1.54) is 5.56 Å². The fraction of sp³-hybridized carbons (Fsp3) is 0.625. The molecule has 2 atom stereocenters. The van der Waals surface area contributed by atoms with Crippen LogP contribution in [0.5, 0.6) is 5.75 Å². The molecule has 1 aliphatic heterocycles. The van der Waals surface area contributed by atoms with E-state index in [1.807, 2.05) is 6.07 Å².